The Morgan fingerprint density at radius 1 is 1.15 bits per heavy atom. The van der Waals surface area contributed by atoms with Crippen LogP contribution in [0.1, 0.15) is 50.5 Å². The molecule has 142 valence electrons. The molecule has 2 saturated heterocycles. The third-order valence-corrected chi connectivity index (χ3v) is 6.20. The highest BCUT2D eigenvalue weighted by Crippen LogP contribution is 2.45. The van der Waals surface area contributed by atoms with Crippen molar-refractivity contribution < 1.29 is 9.59 Å². The van der Waals surface area contributed by atoms with E-state index in [1.54, 1.807) is 0 Å². The number of hydrogen-bond donors (Lipinski definition) is 1. The molecule has 0 saturated carbocycles. The fourth-order valence-corrected chi connectivity index (χ4v) is 4.67. The van der Waals surface area contributed by atoms with E-state index in [1.807, 2.05) is 4.90 Å². The van der Waals surface area contributed by atoms with E-state index in [0.717, 1.165) is 45.6 Å². The summed E-state index contributed by atoms with van der Waals surface area (Å²) in [7, 11) is 0. The van der Waals surface area contributed by atoms with Crippen LogP contribution in [-0.2, 0) is 9.59 Å². The molecule has 2 aliphatic rings. The molecule has 0 aliphatic carbocycles. The van der Waals surface area contributed by atoms with Crippen molar-refractivity contribution in [1.29, 1.82) is 0 Å². The first-order chi connectivity index (χ1) is 12.5. The standard InChI is InChI=1S/C21H31N3O2/c1-2-23-15-18(17-6-4-3-5-7-17)14-21(16-23)10-12-24(13-11-21)20(26)9-8-19(22)25/h3-7,18H,2,8-16H2,1H3,(H2,22,25)/t18-/m1/s1. The maximum absolute atomic E-state index is 12.3. The first kappa shape index (κ1) is 18.9. The summed E-state index contributed by atoms with van der Waals surface area (Å²) in [4.78, 5) is 27.7. The molecule has 1 aromatic rings. The molecule has 26 heavy (non-hydrogen) atoms. The highest BCUT2D eigenvalue weighted by molar-refractivity contribution is 5.82. The minimum Gasteiger partial charge on any atom is -0.370 e. The molecule has 3 rings (SSSR count). The Bertz CT molecular complexity index is 623. The van der Waals surface area contributed by atoms with Gasteiger partial charge in [0.25, 0.3) is 0 Å². The van der Waals surface area contributed by atoms with E-state index in [0.29, 0.717) is 11.3 Å². The van der Waals surface area contributed by atoms with Crippen LogP contribution in [0, 0.1) is 5.41 Å². The van der Waals surface area contributed by atoms with Gasteiger partial charge in [-0.05, 0) is 42.7 Å². The van der Waals surface area contributed by atoms with Crippen LogP contribution in [0.5, 0.6) is 0 Å². The SMILES string of the molecule is CCN1C[C@H](c2ccccc2)CC2(CCN(C(=O)CCC(N)=O)CC2)C1. The monoisotopic (exact) mass is 357 g/mol. The summed E-state index contributed by atoms with van der Waals surface area (Å²) in [6, 6.07) is 10.8. The number of carbonyl (C=O) groups excluding carboxylic acids is 2. The van der Waals surface area contributed by atoms with Crippen LogP contribution in [0.4, 0.5) is 0 Å². The summed E-state index contributed by atoms with van der Waals surface area (Å²) in [5, 5.41) is 0. The Morgan fingerprint density at radius 3 is 2.46 bits per heavy atom. The zero-order chi connectivity index (χ0) is 18.6. The van der Waals surface area contributed by atoms with Crippen molar-refractivity contribution in [2.75, 3.05) is 32.7 Å². The van der Waals surface area contributed by atoms with Gasteiger partial charge in [0.2, 0.25) is 11.8 Å². The van der Waals surface area contributed by atoms with Gasteiger partial charge in [-0.15, -0.1) is 0 Å². The van der Waals surface area contributed by atoms with Crippen molar-refractivity contribution in [1.82, 2.24) is 9.80 Å². The largest absolute Gasteiger partial charge is 0.370 e. The first-order valence-corrected chi connectivity index (χ1v) is 9.85. The quantitative estimate of drug-likeness (QED) is 0.880. The zero-order valence-electron chi connectivity index (χ0n) is 15.8. The molecule has 5 nitrogen and oxygen atoms in total. The molecular formula is C21H31N3O2. The van der Waals surface area contributed by atoms with Crippen molar-refractivity contribution >= 4 is 11.8 Å². The average molecular weight is 357 g/mol. The van der Waals surface area contributed by atoms with Crippen molar-refractivity contribution in [3.63, 3.8) is 0 Å². The second kappa shape index (κ2) is 8.21. The number of likely N-dealkylation sites (tertiary alicyclic amines) is 2. The van der Waals surface area contributed by atoms with Gasteiger partial charge in [-0.3, -0.25) is 9.59 Å². The molecule has 2 amide bonds. The number of rotatable bonds is 5. The normalized spacial score (nSPS) is 23.1. The Labute approximate surface area is 156 Å². The Hall–Kier alpha value is -1.88. The van der Waals surface area contributed by atoms with Gasteiger partial charge in [0, 0.05) is 39.0 Å². The molecular weight excluding hydrogens is 326 g/mol. The summed E-state index contributed by atoms with van der Waals surface area (Å²) in [5.74, 6) is 0.242. The van der Waals surface area contributed by atoms with Gasteiger partial charge < -0.3 is 15.5 Å². The number of likely N-dealkylation sites (N-methyl/N-ethyl adjacent to an activating group) is 1. The number of amides is 2. The molecule has 0 aromatic heterocycles. The van der Waals surface area contributed by atoms with Gasteiger partial charge in [0.1, 0.15) is 0 Å². The summed E-state index contributed by atoms with van der Waals surface area (Å²) in [5.41, 5.74) is 6.90. The van der Waals surface area contributed by atoms with Gasteiger partial charge in [-0.25, -0.2) is 0 Å². The fraction of sp³-hybridized carbons (Fsp3) is 0.619. The number of hydrogen-bond acceptors (Lipinski definition) is 3. The third-order valence-electron chi connectivity index (χ3n) is 6.20. The highest BCUT2D eigenvalue weighted by atomic mass is 16.2. The lowest BCUT2D eigenvalue weighted by Crippen LogP contribution is -2.52. The number of nitrogens with zero attached hydrogens (tertiary/aromatic N) is 2. The Balaban J connectivity index is 1.64. The van der Waals surface area contributed by atoms with Gasteiger partial charge in [0.05, 0.1) is 0 Å². The summed E-state index contributed by atoms with van der Waals surface area (Å²) < 4.78 is 0. The summed E-state index contributed by atoms with van der Waals surface area (Å²) >= 11 is 0. The van der Waals surface area contributed by atoms with Crippen LogP contribution in [0.15, 0.2) is 30.3 Å². The molecule has 0 bridgehead atoms. The van der Waals surface area contributed by atoms with Crippen LogP contribution >= 0.6 is 0 Å². The highest BCUT2D eigenvalue weighted by Gasteiger charge is 2.42. The Morgan fingerprint density at radius 2 is 1.85 bits per heavy atom. The van der Waals surface area contributed by atoms with Crippen LogP contribution in [0.3, 0.4) is 0 Å². The van der Waals surface area contributed by atoms with Crippen molar-refractivity contribution in [3.8, 4) is 0 Å². The summed E-state index contributed by atoms with van der Waals surface area (Å²) in [6.45, 7) is 7.18. The Kier molecular flexibility index (Phi) is 5.97. The van der Waals surface area contributed by atoms with Gasteiger partial charge in [-0.2, -0.15) is 0 Å². The number of primary amides is 1. The van der Waals surface area contributed by atoms with Gasteiger partial charge in [0.15, 0.2) is 0 Å². The lowest BCUT2D eigenvalue weighted by molar-refractivity contribution is -0.136. The maximum Gasteiger partial charge on any atom is 0.223 e. The van der Waals surface area contributed by atoms with Crippen molar-refractivity contribution in [2.45, 2.75) is 44.9 Å². The lowest BCUT2D eigenvalue weighted by atomic mass is 9.68. The van der Waals surface area contributed by atoms with E-state index >= 15 is 0 Å². The summed E-state index contributed by atoms with van der Waals surface area (Å²) in [6.07, 6.45) is 3.71. The van der Waals surface area contributed by atoms with Crippen LogP contribution in [0.2, 0.25) is 0 Å². The minimum absolute atomic E-state index is 0.0708. The van der Waals surface area contributed by atoms with E-state index in [-0.39, 0.29) is 18.7 Å². The molecule has 2 N–H and O–H groups in total. The third kappa shape index (κ3) is 4.44. The van der Waals surface area contributed by atoms with Crippen LogP contribution in [0.25, 0.3) is 0 Å². The topological polar surface area (TPSA) is 66.6 Å². The average Bonchev–Trinajstić information content (AvgIpc) is 2.67. The zero-order valence-corrected chi connectivity index (χ0v) is 15.8. The second-order valence-corrected chi connectivity index (χ2v) is 7.99. The smallest absolute Gasteiger partial charge is 0.223 e. The van der Waals surface area contributed by atoms with E-state index in [2.05, 4.69) is 42.2 Å². The van der Waals surface area contributed by atoms with E-state index in [4.69, 9.17) is 5.73 Å². The molecule has 2 fully saturated rings. The number of benzene rings is 1. The number of nitrogens with two attached hydrogens (primary N) is 1. The number of piperidine rings is 2. The van der Waals surface area contributed by atoms with E-state index in [1.165, 1.54) is 12.0 Å². The fourth-order valence-electron chi connectivity index (χ4n) is 4.67. The van der Waals surface area contributed by atoms with Crippen molar-refractivity contribution in [3.05, 3.63) is 35.9 Å². The van der Waals surface area contributed by atoms with Gasteiger partial charge >= 0.3 is 0 Å². The molecule has 2 aliphatic heterocycles. The predicted octanol–water partition coefficient (Wildman–Crippen LogP) is 2.37. The molecule has 5 heteroatoms. The van der Waals surface area contributed by atoms with Crippen LogP contribution in [-0.4, -0.2) is 54.3 Å². The predicted molar refractivity (Wildman–Crippen MR) is 103 cm³/mol. The van der Waals surface area contributed by atoms with Gasteiger partial charge in [-0.1, -0.05) is 37.3 Å². The maximum atomic E-state index is 12.3. The second-order valence-electron chi connectivity index (χ2n) is 7.99. The molecule has 1 aromatic carbocycles. The van der Waals surface area contributed by atoms with Crippen molar-refractivity contribution in [2.24, 2.45) is 11.1 Å². The molecule has 0 radical (unpaired) electrons. The molecule has 2 heterocycles. The molecule has 0 unspecified atom stereocenters. The van der Waals surface area contributed by atoms with E-state index in [9.17, 15) is 9.59 Å². The number of carbonyl (C=O) groups is 2. The molecule has 1 spiro atoms. The lowest BCUT2D eigenvalue weighted by Gasteiger charge is -2.50. The van der Waals surface area contributed by atoms with E-state index < -0.39 is 5.91 Å². The molecule has 1 atom stereocenters. The first-order valence-electron chi connectivity index (χ1n) is 9.85. The van der Waals surface area contributed by atoms with Crippen LogP contribution < -0.4 is 5.73 Å². The minimum atomic E-state index is -0.400.